The molecule has 1 N–H and O–H groups in total. The van der Waals surface area contributed by atoms with Gasteiger partial charge in [0.15, 0.2) is 0 Å². The summed E-state index contributed by atoms with van der Waals surface area (Å²) in [6.45, 7) is 38.3. The van der Waals surface area contributed by atoms with Gasteiger partial charge >= 0.3 is 5.97 Å². The molecule has 0 fully saturated rings. The van der Waals surface area contributed by atoms with Gasteiger partial charge in [-0.25, -0.2) is 0 Å². The second kappa shape index (κ2) is 83.2. The van der Waals surface area contributed by atoms with E-state index >= 15 is 0 Å². The third-order valence-corrected chi connectivity index (χ3v) is 2.84. The molecule has 0 aromatic heterocycles. The van der Waals surface area contributed by atoms with E-state index in [2.05, 4.69) is 85.9 Å². The molecule has 3 heteroatoms. The first-order chi connectivity index (χ1) is 14.3. The Balaban J connectivity index is -0.0000000684. The molecular weight excluding hydrogens is 360 g/mol. The number of hydrogen-bond acceptors (Lipinski definition) is 3. The molecule has 0 amide bonds. The molecule has 0 unspecified atom stereocenters. The number of carbonyl (C=O) groups excluding carboxylic acids is 1. The zero-order valence-corrected chi connectivity index (χ0v) is 19.7. The average Bonchev–Trinajstić information content (AvgIpc) is 2.84. The fourth-order valence-electron chi connectivity index (χ4n) is 1.81. The molecule has 0 radical (unpaired) electrons. The third-order valence-electron chi connectivity index (χ3n) is 2.84. The molecule has 0 atom stereocenters. The highest BCUT2D eigenvalue weighted by atomic mass is 16.5. The molecule has 0 aliphatic rings. The van der Waals surface area contributed by atoms with Crippen LogP contribution in [0.15, 0.2) is 78.9 Å². The first-order valence-corrected chi connectivity index (χ1v) is 10.1. The predicted molar refractivity (Wildman–Crippen MR) is 137 cm³/mol. The standard InChI is InChI=1S/C14H28O3.6C2H4/c1-2-3-4-5-6-7-8-9-10-11-14(16)17-13-12-15;6*1-2/h15H,2-13H2,1H3;6*1-2H2. The van der Waals surface area contributed by atoms with Crippen LogP contribution in [0.2, 0.25) is 0 Å². The summed E-state index contributed by atoms with van der Waals surface area (Å²) < 4.78 is 4.77. The van der Waals surface area contributed by atoms with Crippen LogP contribution in [0.5, 0.6) is 0 Å². The third kappa shape index (κ3) is 89.0. The van der Waals surface area contributed by atoms with E-state index in [1.54, 1.807) is 0 Å². The van der Waals surface area contributed by atoms with Crippen molar-refractivity contribution >= 4 is 5.97 Å². The molecule has 174 valence electrons. The normalized spacial score (nSPS) is 6.97. The van der Waals surface area contributed by atoms with Crippen LogP contribution in [0.4, 0.5) is 0 Å². The maximum absolute atomic E-state index is 11.1. The molecule has 0 aromatic carbocycles. The van der Waals surface area contributed by atoms with E-state index in [0.717, 1.165) is 12.8 Å². The van der Waals surface area contributed by atoms with E-state index in [1.165, 1.54) is 44.9 Å². The van der Waals surface area contributed by atoms with Gasteiger partial charge in [0, 0.05) is 6.42 Å². The van der Waals surface area contributed by atoms with Gasteiger partial charge < -0.3 is 9.84 Å². The van der Waals surface area contributed by atoms with Crippen LogP contribution < -0.4 is 0 Å². The maximum atomic E-state index is 11.1. The quantitative estimate of drug-likeness (QED) is 0.199. The van der Waals surface area contributed by atoms with Gasteiger partial charge in [-0.3, -0.25) is 4.79 Å². The fraction of sp³-hybridized carbons (Fsp3) is 0.500. The molecule has 0 aromatic rings. The lowest BCUT2D eigenvalue weighted by atomic mass is 10.1. The zero-order chi connectivity index (χ0) is 24.8. The lowest BCUT2D eigenvalue weighted by Gasteiger charge is -2.03. The Bertz CT molecular complexity index is 227. The Morgan fingerprint density at radius 2 is 0.931 bits per heavy atom. The van der Waals surface area contributed by atoms with Crippen molar-refractivity contribution in [3.05, 3.63) is 78.9 Å². The number of ether oxygens (including phenoxy) is 1. The molecule has 29 heavy (non-hydrogen) atoms. The summed E-state index contributed by atoms with van der Waals surface area (Å²) in [5, 5.41) is 8.47. The van der Waals surface area contributed by atoms with E-state index < -0.39 is 0 Å². The van der Waals surface area contributed by atoms with Crippen molar-refractivity contribution in [1.82, 2.24) is 0 Å². The molecule has 0 rings (SSSR count). The average molecular weight is 413 g/mol. The summed E-state index contributed by atoms with van der Waals surface area (Å²) in [4.78, 5) is 11.1. The van der Waals surface area contributed by atoms with Crippen LogP contribution in [0, 0.1) is 0 Å². The summed E-state index contributed by atoms with van der Waals surface area (Å²) in [6, 6.07) is 0. The zero-order valence-electron chi connectivity index (χ0n) is 19.7. The highest BCUT2D eigenvalue weighted by Crippen LogP contribution is 2.10. The number of rotatable bonds is 12. The summed E-state index contributed by atoms with van der Waals surface area (Å²) in [7, 11) is 0. The first-order valence-electron chi connectivity index (χ1n) is 10.1. The molecule has 0 saturated carbocycles. The van der Waals surface area contributed by atoms with Crippen molar-refractivity contribution in [1.29, 1.82) is 0 Å². The Hall–Kier alpha value is -2.13. The second-order valence-corrected chi connectivity index (χ2v) is 4.52. The van der Waals surface area contributed by atoms with Crippen molar-refractivity contribution < 1.29 is 14.6 Å². The summed E-state index contributed by atoms with van der Waals surface area (Å²) in [5.41, 5.74) is 0. The van der Waals surface area contributed by atoms with E-state index in [0.29, 0.717) is 6.42 Å². The van der Waals surface area contributed by atoms with E-state index in [-0.39, 0.29) is 19.2 Å². The Morgan fingerprint density at radius 1 is 0.621 bits per heavy atom. The minimum atomic E-state index is -0.179. The fourth-order valence-corrected chi connectivity index (χ4v) is 1.81. The summed E-state index contributed by atoms with van der Waals surface area (Å²) >= 11 is 0. The van der Waals surface area contributed by atoms with Gasteiger partial charge in [0.2, 0.25) is 0 Å². The highest BCUT2D eigenvalue weighted by Gasteiger charge is 2.01. The van der Waals surface area contributed by atoms with Crippen molar-refractivity contribution in [2.45, 2.75) is 71.1 Å². The molecule has 0 heterocycles. The van der Waals surface area contributed by atoms with Crippen LogP contribution in [0.1, 0.15) is 71.1 Å². The van der Waals surface area contributed by atoms with Gasteiger partial charge in [0.1, 0.15) is 6.61 Å². The molecule has 0 aliphatic heterocycles. The van der Waals surface area contributed by atoms with E-state index in [1.807, 2.05) is 0 Å². The minimum Gasteiger partial charge on any atom is -0.463 e. The number of esters is 1. The van der Waals surface area contributed by atoms with Gasteiger partial charge in [-0.15, -0.1) is 78.9 Å². The Morgan fingerprint density at radius 3 is 1.24 bits per heavy atom. The molecule has 0 aliphatic carbocycles. The van der Waals surface area contributed by atoms with Crippen molar-refractivity contribution in [3.63, 3.8) is 0 Å². The van der Waals surface area contributed by atoms with E-state index in [9.17, 15) is 4.79 Å². The van der Waals surface area contributed by atoms with Gasteiger partial charge in [-0.1, -0.05) is 58.3 Å². The smallest absolute Gasteiger partial charge is 0.305 e. The van der Waals surface area contributed by atoms with Gasteiger partial charge in [0.05, 0.1) is 6.61 Å². The second-order valence-electron chi connectivity index (χ2n) is 4.52. The summed E-state index contributed by atoms with van der Waals surface area (Å²) in [6.07, 6.45) is 11.7. The number of aliphatic hydroxyl groups is 1. The van der Waals surface area contributed by atoms with Crippen molar-refractivity contribution in [2.75, 3.05) is 13.2 Å². The minimum absolute atomic E-state index is 0.0799. The largest absolute Gasteiger partial charge is 0.463 e. The lowest BCUT2D eigenvalue weighted by Crippen LogP contribution is -2.07. The molecule has 3 nitrogen and oxygen atoms in total. The molecule has 0 saturated heterocycles. The number of aliphatic hydroxyl groups excluding tert-OH is 1. The predicted octanol–water partition coefficient (Wildman–Crippen LogP) is 8.26. The van der Waals surface area contributed by atoms with Crippen LogP contribution in [-0.4, -0.2) is 24.3 Å². The topological polar surface area (TPSA) is 46.5 Å². The SMILES string of the molecule is C=C.C=C.C=C.C=C.C=C.C=C.CCCCCCCCCCCC(=O)OCCO. The van der Waals surface area contributed by atoms with Crippen LogP contribution in [-0.2, 0) is 9.53 Å². The van der Waals surface area contributed by atoms with Gasteiger partial charge in [-0.05, 0) is 6.42 Å². The maximum Gasteiger partial charge on any atom is 0.305 e. The Labute approximate surface area is 184 Å². The van der Waals surface area contributed by atoms with Crippen LogP contribution in [0.3, 0.4) is 0 Å². The first kappa shape index (κ1) is 45.5. The Kier molecular flexibility index (Phi) is 131. The highest BCUT2D eigenvalue weighted by molar-refractivity contribution is 5.69. The molecular formula is C26H52O3. The van der Waals surface area contributed by atoms with Crippen LogP contribution in [0.25, 0.3) is 0 Å². The van der Waals surface area contributed by atoms with Gasteiger partial charge in [-0.2, -0.15) is 0 Å². The van der Waals surface area contributed by atoms with Crippen molar-refractivity contribution in [3.8, 4) is 0 Å². The van der Waals surface area contributed by atoms with Crippen LogP contribution >= 0.6 is 0 Å². The number of carbonyl (C=O) groups is 1. The number of unbranched alkanes of at least 4 members (excludes halogenated alkanes) is 8. The van der Waals surface area contributed by atoms with E-state index in [4.69, 9.17) is 9.84 Å². The van der Waals surface area contributed by atoms with Crippen molar-refractivity contribution in [2.24, 2.45) is 0 Å². The number of hydrogen-bond donors (Lipinski definition) is 1. The van der Waals surface area contributed by atoms with Gasteiger partial charge in [0.25, 0.3) is 0 Å². The molecule has 0 bridgehead atoms. The molecule has 0 spiro atoms. The summed E-state index contributed by atoms with van der Waals surface area (Å²) in [5.74, 6) is -0.179. The monoisotopic (exact) mass is 412 g/mol. The lowest BCUT2D eigenvalue weighted by molar-refractivity contribution is -0.144.